The number of phenols is 2. The Morgan fingerprint density at radius 1 is 0.841 bits per heavy atom. The number of ketones is 1. The van der Waals surface area contributed by atoms with Crippen LogP contribution in [0.2, 0.25) is 0 Å². The maximum Gasteiger partial charge on any atom is 0.338 e. The highest BCUT2D eigenvalue weighted by molar-refractivity contribution is 6.12. The summed E-state index contributed by atoms with van der Waals surface area (Å²) in [5.74, 6) is 0.00177. The Morgan fingerprint density at radius 2 is 1.55 bits per heavy atom. The molecule has 6 rings (SSSR count). The van der Waals surface area contributed by atoms with E-state index in [1.807, 2.05) is 26.0 Å². The molecule has 0 spiro atoms. The first-order valence-corrected chi connectivity index (χ1v) is 13.8. The second kappa shape index (κ2) is 12.3. The van der Waals surface area contributed by atoms with Gasteiger partial charge in [0.25, 0.3) is 0 Å². The van der Waals surface area contributed by atoms with Gasteiger partial charge >= 0.3 is 11.6 Å². The molecule has 44 heavy (non-hydrogen) atoms. The molecular formula is C35H30O9. The number of methoxy groups -OCH3 is 1. The van der Waals surface area contributed by atoms with E-state index in [9.17, 15) is 24.6 Å². The number of ether oxygens (including phenoxy) is 3. The Bertz CT molecular complexity index is 1890. The molecule has 1 aliphatic rings. The summed E-state index contributed by atoms with van der Waals surface area (Å²) in [6.07, 6.45) is 0.285. The van der Waals surface area contributed by atoms with E-state index >= 15 is 0 Å². The average Bonchev–Trinajstić information content (AvgIpc) is 3.44. The Labute approximate surface area is 252 Å². The minimum absolute atomic E-state index is 0.113. The zero-order valence-corrected chi connectivity index (χ0v) is 24.3. The van der Waals surface area contributed by atoms with Gasteiger partial charge in [-0.15, -0.1) is 0 Å². The van der Waals surface area contributed by atoms with Gasteiger partial charge < -0.3 is 28.8 Å². The van der Waals surface area contributed by atoms with Crippen LogP contribution >= 0.6 is 0 Å². The van der Waals surface area contributed by atoms with E-state index in [1.165, 1.54) is 37.4 Å². The number of para-hydroxylation sites is 1. The van der Waals surface area contributed by atoms with Crippen LogP contribution in [0.3, 0.4) is 0 Å². The van der Waals surface area contributed by atoms with Gasteiger partial charge in [-0.2, -0.15) is 0 Å². The number of benzene rings is 4. The lowest BCUT2D eigenvalue weighted by atomic mass is 9.96. The third kappa shape index (κ3) is 6.42. The number of rotatable bonds is 6. The van der Waals surface area contributed by atoms with Crippen LogP contribution in [0, 0.1) is 0 Å². The van der Waals surface area contributed by atoms with Gasteiger partial charge in [0.15, 0.2) is 5.78 Å². The Morgan fingerprint density at radius 3 is 2.25 bits per heavy atom. The van der Waals surface area contributed by atoms with Crippen LogP contribution in [0.4, 0.5) is 0 Å². The second-order valence-electron chi connectivity index (χ2n) is 10.7. The number of hydrogen-bond donors (Lipinski definition) is 2. The molecule has 0 bridgehead atoms. The molecule has 0 saturated carbocycles. The van der Waals surface area contributed by atoms with Crippen LogP contribution in [0.5, 0.6) is 23.0 Å². The molecule has 9 heteroatoms. The Hall–Kier alpha value is -5.57. The van der Waals surface area contributed by atoms with Crippen LogP contribution < -0.4 is 15.1 Å². The zero-order chi connectivity index (χ0) is 31.4. The number of carbonyl (C=O) groups excluding carboxylic acids is 2. The van der Waals surface area contributed by atoms with Crippen molar-refractivity contribution in [1.29, 1.82) is 0 Å². The molecule has 4 aromatic carbocycles. The van der Waals surface area contributed by atoms with E-state index in [2.05, 4.69) is 0 Å². The molecule has 0 radical (unpaired) electrons. The summed E-state index contributed by atoms with van der Waals surface area (Å²) in [5.41, 5.74) is 1.04. The lowest BCUT2D eigenvalue weighted by molar-refractivity contribution is -0.0517. The summed E-state index contributed by atoms with van der Waals surface area (Å²) in [7, 11) is 1.47. The van der Waals surface area contributed by atoms with Crippen LogP contribution in [0.25, 0.3) is 11.0 Å². The van der Waals surface area contributed by atoms with E-state index < -0.39 is 17.0 Å². The number of hydrogen-bond acceptors (Lipinski definition) is 9. The van der Waals surface area contributed by atoms with Crippen molar-refractivity contribution in [3.63, 3.8) is 0 Å². The zero-order valence-electron chi connectivity index (χ0n) is 24.3. The second-order valence-corrected chi connectivity index (χ2v) is 10.7. The molecule has 0 fully saturated rings. The molecule has 9 nitrogen and oxygen atoms in total. The number of phenolic OH excluding ortho intramolecular Hbond substituents is 2. The third-order valence-corrected chi connectivity index (χ3v) is 7.22. The van der Waals surface area contributed by atoms with Crippen molar-refractivity contribution < 1.29 is 38.4 Å². The minimum atomic E-state index is -0.820. The van der Waals surface area contributed by atoms with Crippen molar-refractivity contribution in [3.05, 3.63) is 130 Å². The molecular weight excluding hydrogens is 564 g/mol. The fourth-order valence-corrected chi connectivity index (χ4v) is 4.77. The van der Waals surface area contributed by atoms with Gasteiger partial charge in [0, 0.05) is 30.0 Å². The van der Waals surface area contributed by atoms with Gasteiger partial charge in [-0.3, -0.25) is 4.79 Å². The molecule has 0 amide bonds. The fourth-order valence-electron chi connectivity index (χ4n) is 4.77. The molecule has 224 valence electrons. The summed E-state index contributed by atoms with van der Waals surface area (Å²) in [6, 6.07) is 26.3. The number of carbonyl (C=O) groups is 2. The lowest BCUT2D eigenvalue weighted by Crippen LogP contribution is -2.43. The van der Waals surface area contributed by atoms with Crippen molar-refractivity contribution in [2.24, 2.45) is 0 Å². The maximum atomic E-state index is 12.4. The molecule has 1 aromatic heterocycles. The summed E-state index contributed by atoms with van der Waals surface area (Å²) in [6.45, 7) is 3.68. The molecule has 1 unspecified atom stereocenters. The maximum absolute atomic E-state index is 12.4. The topological polar surface area (TPSA) is 133 Å². The number of fused-ring (bicyclic) bond motifs is 2. The van der Waals surface area contributed by atoms with Gasteiger partial charge in [0.2, 0.25) is 0 Å². The smallest absolute Gasteiger partial charge is 0.338 e. The first kappa shape index (κ1) is 29.9. The SMILES string of the molecule is CC(C)(OC(=O)c1ccccc1)C1Cc2cc3ccc(=O)oc3cc2O1.COc1ccc(C(=O)c2ccccc2O)c(O)c1. The Kier molecular flexibility index (Phi) is 8.39. The number of esters is 1. The average molecular weight is 595 g/mol. The fraction of sp³-hybridized carbons (Fsp3) is 0.171. The highest BCUT2D eigenvalue weighted by Gasteiger charge is 2.40. The third-order valence-electron chi connectivity index (χ3n) is 7.22. The van der Waals surface area contributed by atoms with E-state index in [0.29, 0.717) is 29.1 Å². The van der Waals surface area contributed by atoms with E-state index in [1.54, 1.807) is 54.6 Å². The molecule has 5 aromatic rings. The lowest BCUT2D eigenvalue weighted by Gasteiger charge is -2.30. The summed E-state index contributed by atoms with van der Waals surface area (Å²) >= 11 is 0. The largest absolute Gasteiger partial charge is 0.507 e. The monoisotopic (exact) mass is 594 g/mol. The van der Waals surface area contributed by atoms with Crippen molar-refractivity contribution in [2.45, 2.75) is 32.0 Å². The van der Waals surface area contributed by atoms with E-state index in [0.717, 1.165) is 10.9 Å². The molecule has 0 aliphatic carbocycles. The molecule has 2 heterocycles. The van der Waals surface area contributed by atoms with Crippen molar-refractivity contribution >= 4 is 22.7 Å². The van der Waals surface area contributed by atoms with Crippen molar-refractivity contribution in [3.8, 4) is 23.0 Å². The van der Waals surface area contributed by atoms with E-state index in [-0.39, 0.29) is 34.7 Å². The van der Waals surface area contributed by atoms with Crippen LogP contribution in [-0.4, -0.2) is 40.8 Å². The van der Waals surface area contributed by atoms with Gasteiger partial charge in [0.05, 0.1) is 23.8 Å². The predicted molar refractivity (Wildman–Crippen MR) is 163 cm³/mol. The standard InChI is InChI=1S/C21H18O5.C14H12O4/c1-21(2,26-20(23)13-6-4-3-5-7-13)18-11-15-10-14-8-9-19(22)25-16(14)12-17(15)24-18;1-18-9-6-7-11(13(16)8-9)14(17)10-4-2-3-5-12(10)15/h3-10,12,18H,11H2,1-2H3;2-8,15-16H,1H3. The van der Waals surface area contributed by atoms with E-state index in [4.69, 9.17) is 18.6 Å². The highest BCUT2D eigenvalue weighted by Crippen LogP contribution is 2.37. The van der Waals surface area contributed by atoms with Crippen LogP contribution in [-0.2, 0) is 11.2 Å². The normalized spacial score (nSPS) is 13.7. The summed E-state index contributed by atoms with van der Waals surface area (Å²) in [4.78, 5) is 35.9. The summed E-state index contributed by atoms with van der Waals surface area (Å²) in [5, 5.41) is 20.2. The number of aromatic hydroxyl groups is 2. The molecule has 1 atom stereocenters. The predicted octanol–water partition coefficient (Wildman–Crippen LogP) is 6.07. The first-order chi connectivity index (χ1) is 21.1. The van der Waals surface area contributed by atoms with Gasteiger partial charge in [-0.05, 0) is 67.9 Å². The first-order valence-electron chi connectivity index (χ1n) is 13.8. The molecule has 1 aliphatic heterocycles. The van der Waals surface area contributed by atoms with Crippen LogP contribution in [0.15, 0.2) is 106 Å². The Balaban J connectivity index is 0.000000187. The van der Waals surface area contributed by atoms with Crippen molar-refractivity contribution in [1.82, 2.24) is 0 Å². The van der Waals surface area contributed by atoms with Crippen LogP contribution in [0.1, 0.15) is 45.7 Å². The molecule has 2 N–H and O–H groups in total. The van der Waals surface area contributed by atoms with Crippen molar-refractivity contribution in [2.75, 3.05) is 7.11 Å². The molecule has 0 saturated heterocycles. The summed E-state index contributed by atoms with van der Waals surface area (Å²) < 4.78 is 21.9. The van der Waals surface area contributed by atoms with Gasteiger partial charge in [0.1, 0.15) is 40.3 Å². The van der Waals surface area contributed by atoms with Gasteiger partial charge in [-0.1, -0.05) is 30.3 Å². The highest BCUT2D eigenvalue weighted by atomic mass is 16.6. The minimum Gasteiger partial charge on any atom is -0.507 e. The van der Waals surface area contributed by atoms with Gasteiger partial charge in [-0.25, -0.2) is 9.59 Å². The quantitative estimate of drug-likeness (QED) is 0.137.